The van der Waals surface area contributed by atoms with Gasteiger partial charge in [-0.1, -0.05) is 61.5 Å². The molecule has 0 saturated carbocycles. The number of rotatable bonds is 3. The lowest BCUT2D eigenvalue weighted by Crippen LogP contribution is -2.22. The molecule has 0 radical (unpaired) electrons. The molecule has 1 aliphatic carbocycles. The van der Waals surface area contributed by atoms with E-state index in [0.29, 0.717) is 12.5 Å². The largest absolute Gasteiger partial charge is 0.294 e. The van der Waals surface area contributed by atoms with E-state index < -0.39 is 0 Å². The zero-order valence-electron chi connectivity index (χ0n) is 15.9. The maximum atomic E-state index is 13.2. The van der Waals surface area contributed by atoms with Crippen LogP contribution in [-0.4, -0.2) is 9.55 Å². The van der Waals surface area contributed by atoms with Gasteiger partial charge in [0.05, 0.1) is 18.3 Å². The monoisotopic (exact) mass is 386 g/mol. The second-order valence-corrected chi connectivity index (χ2v) is 8.86. The summed E-state index contributed by atoms with van der Waals surface area (Å²) in [4.78, 5) is 20.0. The summed E-state index contributed by atoms with van der Waals surface area (Å²) in [6.45, 7) is 2.84. The molecule has 2 aromatic heterocycles. The number of benzene rings is 2. The molecular formula is C24H22N2OS. The van der Waals surface area contributed by atoms with Gasteiger partial charge in [0.15, 0.2) is 0 Å². The molecule has 0 saturated heterocycles. The first kappa shape index (κ1) is 17.4. The van der Waals surface area contributed by atoms with Crippen LogP contribution in [0.5, 0.6) is 0 Å². The Hall–Kier alpha value is -2.72. The SMILES string of the molecule is C[C@H]1CCc2c(sc3ncn(Cc4ccc(-c5ccccc5)cc4)c(=O)c23)C1. The summed E-state index contributed by atoms with van der Waals surface area (Å²) < 4.78 is 1.75. The molecule has 0 unspecified atom stereocenters. The summed E-state index contributed by atoms with van der Waals surface area (Å²) in [5.74, 6) is 0.700. The lowest BCUT2D eigenvalue weighted by Gasteiger charge is -2.17. The minimum atomic E-state index is 0.101. The molecule has 3 nitrogen and oxygen atoms in total. The quantitative estimate of drug-likeness (QED) is 0.479. The van der Waals surface area contributed by atoms with Gasteiger partial charge in [0.1, 0.15) is 4.83 Å². The van der Waals surface area contributed by atoms with E-state index in [1.807, 2.05) is 18.2 Å². The highest BCUT2D eigenvalue weighted by molar-refractivity contribution is 7.18. The van der Waals surface area contributed by atoms with Crippen LogP contribution in [0.3, 0.4) is 0 Å². The van der Waals surface area contributed by atoms with Gasteiger partial charge in [0.25, 0.3) is 5.56 Å². The molecule has 5 rings (SSSR count). The number of nitrogens with zero attached hydrogens (tertiary/aromatic N) is 2. The molecule has 1 aliphatic rings. The Labute approximate surface area is 168 Å². The van der Waals surface area contributed by atoms with E-state index in [0.717, 1.165) is 35.0 Å². The van der Waals surface area contributed by atoms with Crippen LogP contribution in [0.15, 0.2) is 65.7 Å². The van der Waals surface area contributed by atoms with Gasteiger partial charge in [-0.2, -0.15) is 0 Å². The fraction of sp³-hybridized carbons (Fsp3) is 0.250. The molecule has 4 aromatic rings. The minimum Gasteiger partial charge on any atom is -0.294 e. The van der Waals surface area contributed by atoms with Gasteiger partial charge in [-0.15, -0.1) is 11.3 Å². The molecule has 4 heteroatoms. The van der Waals surface area contributed by atoms with Crippen molar-refractivity contribution in [2.24, 2.45) is 5.92 Å². The van der Waals surface area contributed by atoms with Crippen molar-refractivity contribution < 1.29 is 0 Å². The van der Waals surface area contributed by atoms with E-state index in [2.05, 4.69) is 48.3 Å². The lowest BCUT2D eigenvalue weighted by atomic mass is 9.89. The summed E-state index contributed by atoms with van der Waals surface area (Å²) in [6, 6.07) is 18.8. The van der Waals surface area contributed by atoms with Gasteiger partial charge in [-0.3, -0.25) is 9.36 Å². The molecule has 0 fully saturated rings. The number of aromatic nitrogens is 2. The molecule has 0 bridgehead atoms. The Morgan fingerprint density at radius 1 is 1.07 bits per heavy atom. The van der Waals surface area contributed by atoms with Crippen LogP contribution in [0.2, 0.25) is 0 Å². The van der Waals surface area contributed by atoms with Gasteiger partial charge in [-0.25, -0.2) is 4.98 Å². The van der Waals surface area contributed by atoms with Crippen LogP contribution >= 0.6 is 11.3 Å². The van der Waals surface area contributed by atoms with Gasteiger partial charge in [0.2, 0.25) is 0 Å². The Kier molecular flexibility index (Phi) is 4.36. The summed E-state index contributed by atoms with van der Waals surface area (Å²) >= 11 is 1.71. The van der Waals surface area contributed by atoms with E-state index in [-0.39, 0.29) is 5.56 Å². The number of fused-ring (bicyclic) bond motifs is 3. The molecule has 0 spiro atoms. The van der Waals surface area contributed by atoms with Gasteiger partial charge >= 0.3 is 0 Å². The zero-order chi connectivity index (χ0) is 19.1. The second-order valence-electron chi connectivity index (χ2n) is 7.77. The predicted octanol–water partition coefficient (Wildman–Crippen LogP) is 5.30. The first-order valence-electron chi connectivity index (χ1n) is 9.83. The van der Waals surface area contributed by atoms with Gasteiger partial charge in [0, 0.05) is 4.88 Å². The fourth-order valence-electron chi connectivity index (χ4n) is 4.11. The Balaban J connectivity index is 1.47. The van der Waals surface area contributed by atoms with E-state index >= 15 is 0 Å². The van der Waals surface area contributed by atoms with Crippen molar-refractivity contribution in [3.8, 4) is 11.1 Å². The molecule has 0 N–H and O–H groups in total. The second kappa shape index (κ2) is 7.02. The van der Waals surface area contributed by atoms with E-state index in [4.69, 9.17) is 0 Å². The van der Waals surface area contributed by atoms with Gasteiger partial charge < -0.3 is 0 Å². The molecule has 0 aliphatic heterocycles. The fourth-order valence-corrected chi connectivity index (χ4v) is 5.45. The highest BCUT2D eigenvalue weighted by atomic mass is 32.1. The van der Waals surface area contributed by atoms with Crippen LogP contribution in [0, 0.1) is 5.92 Å². The third-order valence-corrected chi connectivity index (χ3v) is 6.86. The van der Waals surface area contributed by atoms with E-state index in [1.165, 1.54) is 21.6 Å². The van der Waals surface area contributed by atoms with Crippen LogP contribution in [0.1, 0.15) is 29.3 Å². The van der Waals surface area contributed by atoms with Crippen molar-refractivity contribution in [1.82, 2.24) is 9.55 Å². The van der Waals surface area contributed by atoms with Crippen LogP contribution in [0.25, 0.3) is 21.3 Å². The lowest BCUT2D eigenvalue weighted by molar-refractivity contribution is 0.509. The van der Waals surface area contributed by atoms with Crippen molar-refractivity contribution in [2.45, 2.75) is 32.7 Å². The summed E-state index contributed by atoms with van der Waals surface area (Å²) in [5.41, 5.74) is 4.86. The summed E-state index contributed by atoms with van der Waals surface area (Å²) in [6.07, 6.45) is 4.95. The maximum absolute atomic E-state index is 13.2. The minimum absolute atomic E-state index is 0.101. The topological polar surface area (TPSA) is 34.9 Å². The number of aryl methyl sites for hydroxylation is 1. The highest BCUT2D eigenvalue weighted by Gasteiger charge is 2.23. The number of hydrogen-bond donors (Lipinski definition) is 0. The van der Waals surface area contributed by atoms with E-state index in [1.54, 1.807) is 22.2 Å². The number of hydrogen-bond acceptors (Lipinski definition) is 3. The zero-order valence-corrected chi connectivity index (χ0v) is 16.7. The molecule has 1 atom stereocenters. The van der Waals surface area contributed by atoms with Crippen molar-refractivity contribution in [3.05, 3.63) is 87.3 Å². The third-order valence-electron chi connectivity index (χ3n) is 5.70. The van der Waals surface area contributed by atoms with Crippen molar-refractivity contribution in [3.63, 3.8) is 0 Å². The summed E-state index contributed by atoms with van der Waals surface area (Å²) in [5, 5.41) is 0.857. The standard InChI is InChI=1S/C24H22N2OS/c1-16-7-12-20-21(13-16)28-23-22(20)24(27)26(15-25-23)14-17-8-10-19(11-9-17)18-5-3-2-4-6-18/h2-6,8-11,15-16H,7,12-14H2,1H3/t16-/m0/s1. The van der Waals surface area contributed by atoms with E-state index in [9.17, 15) is 4.79 Å². The smallest absolute Gasteiger partial charge is 0.262 e. The molecule has 28 heavy (non-hydrogen) atoms. The van der Waals surface area contributed by atoms with Crippen LogP contribution in [0.4, 0.5) is 0 Å². The molecule has 140 valence electrons. The molecule has 2 heterocycles. The predicted molar refractivity (Wildman–Crippen MR) is 116 cm³/mol. The average molecular weight is 387 g/mol. The van der Waals surface area contributed by atoms with Crippen LogP contribution in [-0.2, 0) is 19.4 Å². The van der Waals surface area contributed by atoms with Crippen molar-refractivity contribution in [2.75, 3.05) is 0 Å². The van der Waals surface area contributed by atoms with Crippen LogP contribution < -0.4 is 5.56 Å². The summed E-state index contributed by atoms with van der Waals surface area (Å²) in [7, 11) is 0. The maximum Gasteiger partial charge on any atom is 0.262 e. The van der Waals surface area contributed by atoms with Gasteiger partial charge in [-0.05, 0) is 47.4 Å². The third kappa shape index (κ3) is 3.08. The highest BCUT2D eigenvalue weighted by Crippen LogP contribution is 2.35. The first-order valence-corrected chi connectivity index (χ1v) is 10.6. The Morgan fingerprint density at radius 3 is 2.61 bits per heavy atom. The number of thiophene rings is 1. The average Bonchev–Trinajstić information content (AvgIpc) is 3.09. The molecule has 0 amide bonds. The normalized spacial score (nSPS) is 16.2. The molecular weight excluding hydrogens is 364 g/mol. The molecule has 2 aromatic carbocycles. The van der Waals surface area contributed by atoms with Crippen molar-refractivity contribution in [1.29, 1.82) is 0 Å². The Bertz CT molecular complexity index is 1190. The first-order chi connectivity index (χ1) is 13.7. The van der Waals surface area contributed by atoms with Crippen molar-refractivity contribution >= 4 is 21.6 Å². The Morgan fingerprint density at radius 2 is 1.82 bits per heavy atom.